The molecule has 1 aliphatic rings. The maximum atomic E-state index is 6.31. The third-order valence-corrected chi connectivity index (χ3v) is 7.01. The second-order valence-corrected chi connectivity index (χ2v) is 7.42. The molecule has 0 atom stereocenters. The smallest absolute Gasteiger partial charge is 0.0800 e. The summed E-state index contributed by atoms with van der Waals surface area (Å²) >= 11 is 49.5. The van der Waals surface area contributed by atoms with Crippen LogP contribution in [0.3, 0.4) is 0 Å². The average Bonchev–Trinajstić information content (AvgIpc) is 2.87. The Morgan fingerprint density at radius 2 is 0.667 bits per heavy atom. The minimum absolute atomic E-state index is 0.160. The van der Waals surface area contributed by atoms with Crippen molar-refractivity contribution >= 4 is 92.8 Å². The zero-order valence-electron chi connectivity index (χ0n) is 9.73. The van der Waals surface area contributed by atoms with E-state index in [1.54, 1.807) is 0 Å². The van der Waals surface area contributed by atoms with E-state index in [1.165, 1.54) is 0 Å². The minimum Gasteiger partial charge on any atom is -0.0823 e. The minimum atomic E-state index is 0.160. The summed E-state index contributed by atoms with van der Waals surface area (Å²) < 4.78 is 0. The summed E-state index contributed by atoms with van der Waals surface area (Å²) in [6.07, 6.45) is 0.398. The molecule has 2 aromatic rings. The molecule has 0 unspecified atom stereocenters. The van der Waals surface area contributed by atoms with Crippen LogP contribution < -0.4 is 0 Å². The molecule has 0 heterocycles. The first kappa shape index (κ1) is 16.6. The SMILES string of the molecule is Clc1c(Cl)c(Cl)c2c(c1Cl)Cc1c(Cl)c(Cl)c(Cl)c(Cl)c1-2. The van der Waals surface area contributed by atoms with Crippen LogP contribution in [0.4, 0.5) is 0 Å². The highest BCUT2D eigenvalue weighted by Gasteiger charge is 2.33. The van der Waals surface area contributed by atoms with Crippen LogP contribution in [-0.4, -0.2) is 0 Å². The molecular formula is C13H2Cl8. The lowest BCUT2D eigenvalue weighted by atomic mass is 10.1. The van der Waals surface area contributed by atoms with Crippen molar-refractivity contribution in [2.45, 2.75) is 6.42 Å². The second kappa shape index (κ2) is 5.69. The molecule has 3 rings (SSSR count). The first-order valence-electron chi connectivity index (χ1n) is 5.47. The molecule has 0 aliphatic heterocycles. The lowest BCUT2D eigenvalue weighted by Gasteiger charge is -2.13. The Kier molecular flexibility index (Phi) is 4.50. The van der Waals surface area contributed by atoms with Gasteiger partial charge in [-0.05, 0) is 11.1 Å². The van der Waals surface area contributed by atoms with Gasteiger partial charge in [-0.15, -0.1) is 0 Å². The lowest BCUT2D eigenvalue weighted by molar-refractivity contribution is 1.26. The lowest BCUT2D eigenvalue weighted by Crippen LogP contribution is -1.87. The molecule has 0 saturated carbocycles. The third kappa shape index (κ3) is 2.27. The molecule has 0 bridgehead atoms. The van der Waals surface area contributed by atoms with Crippen molar-refractivity contribution < 1.29 is 0 Å². The first-order chi connectivity index (χ1) is 9.77. The fourth-order valence-corrected chi connectivity index (χ4v) is 4.49. The normalized spacial score (nSPS) is 12.6. The maximum Gasteiger partial charge on any atom is 0.0800 e. The van der Waals surface area contributed by atoms with Gasteiger partial charge in [0.15, 0.2) is 0 Å². The summed E-state index contributed by atoms with van der Waals surface area (Å²) in [5, 5.41) is 1.86. The summed E-state index contributed by atoms with van der Waals surface area (Å²) in [7, 11) is 0. The molecule has 0 radical (unpaired) electrons. The number of hydrogen-bond donors (Lipinski definition) is 0. The number of rotatable bonds is 0. The van der Waals surface area contributed by atoms with Gasteiger partial charge in [-0.25, -0.2) is 0 Å². The summed E-state index contributed by atoms with van der Waals surface area (Å²) in [5.74, 6) is 0. The van der Waals surface area contributed by atoms with Crippen molar-refractivity contribution in [2.24, 2.45) is 0 Å². The van der Waals surface area contributed by atoms with Crippen LogP contribution in [0, 0.1) is 0 Å². The zero-order chi connectivity index (χ0) is 15.6. The van der Waals surface area contributed by atoms with E-state index >= 15 is 0 Å². The van der Waals surface area contributed by atoms with Crippen LogP contribution in [0.1, 0.15) is 11.1 Å². The van der Waals surface area contributed by atoms with Crippen molar-refractivity contribution in [2.75, 3.05) is 0 Å². The molecule has 1 aliphatic carbocycles. The fraction of sp³-hybridized carbons (Fsp3) is 0.0769. The van der Waals surface area contributed by atoms with Crippen molar-refractivity contribution in [3.05, 3.63) is 51.3 Å². The average molecular weight is 442 g/mol. The summed E-state index contributed by atoms with van der Waals surface area (Å²) in [6.45, 7) is 0. The Bertz CT molecular complexity index is 742. The van der Waals surface area contributed by atoms with E-state index in [-0.39, 0.29) is 30.1 Å². The van der Waals surface area contributed by atoms with Crippen molar-refractivity contribution in [1.82, 2.24) is 0 Å². The molecule has 21 heavy (non-hydrogen) atoms. The quantitative estimate of drug-likeness (QED) is 0.242. The van der Waals surface area contributed by atoms with Gasteiger partial charge in [0.05, 0.1) is 40.2 Å². The Balaban J connectivity index is 2.49. The van der Waals surface area contributed by atoms with Crippen LogP contribution in [0.5, 0.6) is 0 Å². The van der Waals surface area contributed by atoms with Crippen LogP contribution in [-0.2, 0) is 6.42 Å². The second-order valence-electron chi connectivity index (χ2n) is 4.40. The number of halogens is 8. The number of benzene rings is 2. The molecule has 0 nitrogen and oxygen atoms in total. The van der Waals surface area contributed by atoms with Gasteiger partial charge in [0.2, 0.25) is 0 Å². The van der Waals surface area contributed by atoms with Gasteiger partial charge in [0, 0.05) is 17.5 Å². The van der Waals surface area contributed by atoms with Gasteiger partial charge in [0.25, 0.3) is 0 Å². The topological polar surface area (TPSA) is 0 Å². The third-order valence-electron chi connectivity index (χ3n) is 3.33. The molecule has 0 spiro atoms. The van der Waals surface area contributed by atoms with Gasteiger partial charge in [0.1, 0.15) is 0 Å². The van der Waals surface area contributed by atoms with Crippen molar-refractivity contribution in [1.29, 1.82) is 0 Å². The summed E-state index contributed by atoms with van der Waals surface area (Å²) in [4.78, 5) is 0. The predicted octanol–water partition coefficient (Wildman–Crippen LogP) is 8.48. The van der Waals surface area contributed by atoms with E-state index in [0.29, 0.717) is 38.7 Å². The van der Waals surface area contributed by atoms with E-state index in [4.69, 9.17) is 92.8 Å². The van der Waals surface area contributed by atoms with Crippen LogP contribution in [0.2, 0.25) is 40.2 Å². The predicted molar refractivity (Wildman–Crippen MR) is 94.8 cm³/mol. The Morgan fingerprint density at radius 1 is 0.381 bits per heavy atom. The van der Waals surface area contributed by atoms with E-state index < -0.39 is 0 Å². The maximum absolute atomic E-state index is 6.31. The molecule has 8 heteroatoms. The monoisotopic (exact) mass is 438 g/mol. The number of fused-ring (bicyclic) bond motifs is 3. The van der Waals surface area contributed by atoms with E-state index in [9.17, 15) is 0 Å². The Labute approximate surface area is 160 Å². The van der Waals surface area contributed by atoms with Crippen LogP contribution in [0.25, 0.3) is 11.1 Å². The molecule has 0 aromatic heterocycles. The molecule has 0 amide bonds. The zero-order valence-corrected chi connectivity index (χ0v) is 15.8. The van der Waals surface area contributed by atoms with E-state index in [1.807, 2.05) is 0 Å². The fourth-order valence-electron chi connectivity index (χ4n) is 2.38. The summed E-state index contributed by atoms with van der Waals surface area (Å²) in [5.41, 5.74) is 2.59. The highest BCUT2D eigenvalue weighted by atomic mass is 35.5. The Morgan fingerprint density at radius 3 is 1.00 bits per heavy atom. The van der Waals surface area contributed by atoms with Crippen LogP contribution >= 0.6 is 92.8 Å². The van der Waals surface area contributed by atoms with Gasteiger partial charge in [-0.2, -0.15) is 0 Å². The molecule has 0 saturated heterocycles. The van der Waals surface area contributed by atoms with Gasteiger partial charge in [-0.1, -0.05) is 92.8 Å². The Hall–Kier alpha value is 0.760. The van der Waals surface area contributed by atoms with Crippen molar-refractivity contribution in [3.63, 3.8) is 0 Å². The largest absolute Gasteiger partial charge is 0.0823 e. The van der Waals surface area contributed by atoms with E-state index in [2.05, 4.69) is 0 Å². The highest BCUT2D eigenvalue weighted by Crippen LogP contribution is 2.56. The van der Waals surface area contributed by atoms with E-state index in [0.717, 1.165) is 0 Å². The number of hydrogen-bond acceptors (Lipinski definition) is 0. The summed E-state index contributed by atoms with van der Waals surface area (Å²) in [6, 6.07) is 0. The molecule has 2 aromatic carbocycles. The molecule has 0 fully saturated rings. The molecule has 110 valence electrons. The van der Waals surface area contributed by atoms with Gasteiger partial charge >= 0.3 is 0 Å². The van der Waals surface area contributed by atoms with Gasteiger partial charge in [-0.3, -0.25) is 0 Å². The van der Waals surface area contributed by atoms with Crippen LogP contribution in [0.15, 0.2) is 0 Å². The van der Waals surface area contributed by atoms with Crippen molar-refractivity contribution in [3.8, 4) is 11.1 Å². The molecule has 0 N–H and O–H groups in total. The highest BCUT2D eigenvalue weighted by molar-refractivity contribution is 6.55. The standard InChI is InChI=1S/C13H2Cl8/c14-6-2-1-3-5(4(2)8(16)12(20)10(6)18)9(17)13(21)11(19)7(3)15/h1H2. The first-order valence-corrected chi connectivity index (χ1v) is 8.49. The van der Waals surface area contributed by atoms with Gasteiger partial charge < -0.3 is 0 Å². The molecular weight excluding hydrogens is 440 g/mol.